The molecule has 6 heteroatoms. The number of nitrogens with zero attached hydrogens (tertiary/aromatic N) is 1. The molecule has 1 amide bonds. The fourth-order valence-corrected chi connectivity index (χ4v) is 3.08. The van der Waals surface area contributed by atoms with E-state index < -0.39 is 5.60 Å². The van der Waals surface area contributed by atoms with Crippen LogP contribution < -0.4 is 15.2 Å². The lowest BCUT2D eigenvalue weighted by molar-refractivity contribution is 0.0186. The normalized spacial score (nSPS) is 19.4. The third-order valence-corrected chi connectivity index (χ3v) is 4.32. The molecule has 0 aliphatic carbocycles. The van der Waals surface area contributed by atoms with Crippen molar-refractivity contribution in [1.82, 2.24) is 4.90 Å². The Morgan fingerprint density at radius 3 is 2.29 bits per heavy atom. The Kier molecular flexibility index (Phi) is 6.09. The molecule has 3 rings (SSSR count). The minimum atomic E-state index is -0.538. The molecule has 2 aromatic rings. The average molecular weight is 384 g/mol. The maximum absolute atomic E-state index is 12.4. The average Bonchev–Trinajstić information content (AvgIpc) is 3.02. The van der Waals surface area contributed by atoms with E-state index in [9.17, 15) is 4.79 Å². The minimum Gasteiger partial charge on any atom is -0.491 e. The number of para-hydroxylation sites is 1. The zero-order valence-electron chi connectivity index (χ0n) is 16.6. The summed E-state index contributed by atoms with van der Waals surface area (Å²) in [5.74, 6) is 2.23. The number of hydrogen-bond acceptors (Lipinski definition) is 5. The van der Waals surface area contributed by atoms with E-state index in [0.717, 1.165) is 11.5 Å². The van der Waals surface area contributed by atoms with Crippen LogP contribution in [0.3, 0.4) is 0 Å². The number of ether oxygens (including phenoxy) is 3. The summed E-state index contributed by atoms with van der Waals surface area (Å²) in [4.78, 5) is 14.1. The maximum atomic E-state index is 12.4. The van der Waals surface area contributed by atoms with Gasteiger partial charge in [0.25, 0.3) is 0 Å². The molecule has 0 bridgehead atoms. The van der Waals surface area contributed by atoms with Gasteiger partial charge in [-0.1, -0.05) is 18.2 Å². The molecule has 0 radical (unpaired) electrons. The summed E-state index contributed by atoms with van der Waals surface area (Å²) in [5, 5.41) is 0. The number of nitrogens with two attached hydrogens (primary N) is 1. The molecule has 150 valence electrons. The van der Waals surface area contributed by atoms with Crippen LogP contribution in [0, 0.1) is 0 Å². The third kappa shape index (κ3) is 5.63. The number of benzene rings is 2. The Labute approximate surface area is 166 Å². The molecule has 2 atom stereocenters. The van der Waals surface area contributed by atoms with E-state index in [-0.39, 0.29) is 18.2 Å². The zero-order chi connectivity index (χ0) is 20.1. The monoisotopic (exact) mass is 384 g/mol. The van der Waals surface area contributed by atoms with Gasteiger partial charge in [-0.2, -0.15) is 0 Å². The van der Waals surface area contributed by atoms with Gasteiger partial charge in [0.2, 0.25) is 0 Å². The van der Waals surface area contributed by atoms with Crippen molar-refractivity contribution in [2.75, 3.05) is 13.2 Å². The first kappa shape index (κ1) is 20.0. The van der Waals surface area contributed by atoms with Gasteiger partial charge in [-0.3, -0.25) is 0 Å². The van der Waals surface area contributed by atoms with Crippen molar-refractivity contribution in [2.24, 2.45) is 5.73 Å². The number of amides is 1. The molecule has 1 aliphatic heterocycles. The predicted molar refractivity (Wildman–Crippen MR) is 108 cm³/mol. The highest BCUT2D eigenvalue weighted by molar-refractivity contribution is 5.69. The Balaban J connectivity index is 1.55. The van der Waals surface area contributed by atoms with Gasteiger partial charge in [0.05, 0.1) is 6.04 Å². The number of hydrogen-bond donors (Lipinski definition) is 1. The van der Waals surface area contributed by atoms with Crippen molar-refractivity contribution >= 4 is 6.09 Å². The lowest BCUT2D eigenvalue weighted by atomic mass is 10.2. The largest absolute Gasteiger partial charge is 0.491 e. The van der Waals surface area contributed by atoms with Gasteiger partial charge < -0.3 is 24.8 Å². The molecule has 1 saturated heterocycles. The topological polar surface area (TPSA) is 74.0 Å². The molecule has 2 aromatic carbocycles. The van der Waals surface area contributed by atoms with E-state index in [2.05, 4.69) is 0 Å². The zero-order valence-corrected chi connectivity index (χ0v) is 16.6. The van der Waals surface area contributed by atoms with Gasteiger partial charge in [-0.05, 0) is 63.6 Å². The first-order valence-corrected chi connectivity index (χ1v) is 9.51. The highest BCUT2D eigenvalue weighted by Crippen LogP contribution is 2.25. The summed E-state index contributed by atoms with van der Waals surface area (Å²) in [6, 6.07) is 16.8. The van der Waals surface area contributed by atoms with E-state index >= 15 is 0 Å². The van der Waals surface area contributed by atoms with Gasteiger partial charge in [-0.15, -0.1) is 0 Å². The van der Waals surface area contributed by atoms with Crippen molar-refractivity contribution < 1.29 is 19.0 Å². The van der Waals surface area contributed by atoms with Crippen LogP contribution in [0.1, 0.15) is 27.2 Å². The van der Waals surface area contributed by atoms with Gasteiger partial charge in [0.15, 0.2) is 0 Å². The highest BCUT2D eigenvalue weighted by atomic mass is 16.6. The molecule has 28 heavy (non-hydrogen) atoms. The molecule has 6 nitrogen and oxygen atoms in total. The molecule has 2 N–H and O–H groups in total. The Morgan fingerprint density at radius 1 is 1.04 bits per heavy atom. The van der Waals surface area contributed by atoms with E-state index in [1.807, 2.05) is 75.4 Å². The van der Waals surface area contributed by atoms with Gasteiger partial charge >= 0.3 is 6.09 Å². The first-order valence-electron chi connectivity index (χ1n) is 9.51. The SMILES string of the molecule is CC(C)(C)OC(=O)N1C[C@@H](N)C[C@H]1COc1ccc(Oc2ccccc2)cc1. The van der Waals surface area contributed by atoms with Gasteiger partial charge in [0, 0.05) is 12.6 Å². The molecular weight excluding hydrogens is 356 g/mol. The van der Waals surface area contributed by atoms with Crippen LogP contribution in [-0.4, -0.2) is 41.8 Å². The molecule has 0 spiro atoms. The van der Waals surface area contributed by atoms with Crippen LogP contribution in [0.25, 0.3) is 0 Å². The number of carbonyl (C=O) groups excluding carboxylic acids is 1. The van der Waals surface area contributed by atoms with Crippen LogP contribution in [0.4, 0.5) is 4.79 Å². The second-order valence-electron chi connectivity index (χ2n) is 7.98. The summed E-state index contributed by atoms with van der Waals surface area (Å²) in [5.41, 5.74) is 5.52. The third-order valence-electron chi connectivity index (χ3n) is 4.32. The van der Waals surface area contributed by atoms with Crippen LogP contribution in [0.15, 0.2) is 54.6 Å². The summed E-state index contributed by atoms with van der Waals surface area (Å²) >= 11 is 0. The predicted octanol–water partition coefficient (Wildman–Crippen LogP) is 4.19. The van der Waals surface area contributed by atoms with Gasteiger partial charge in [-0.25, -0.2) is 4.79 Å². The fourth-order valence-electron chi connectivity index (χ4n) is 3.08. The molecule has 0 saturated carbocycles. The lowest BCUT2D eigenvalue weighted by Crippen LogP contribution is -2.42. The molecule has 1 fully saturated rings. The number of rotatable bonds is 5. The summed E-state index contributed by atoms with van der Waals surface area (Å²) in [6.45, 7) is 6.40. The van der Waals surface area contributed by atoms with Crippen molar-refractivity contribution in [3.05, 3.63) is 54.6 Å². The summed E-state index contributed by atoms with van der Waals surface area (Å²) in [7, 11) is 0. The van der Waals surface area contributed by atoms with Crippen LogP contribution >= 0.6 is 0 Å². The highest BCUT2D eigenvalue weighted by Gasteiger charge is 2.36. The van der Waals surface area contributed by atoms with Gasteiger partial charge in [0.1, 0.15) is 29.5 Å². The second-order valence-corrected chi connectivity index (χ2v) is 7.98. The van der Waals surface area contributed by atoms with E-state index in [0.29, 0.717) is 25.3 Å². The standard InChI is InChI=1S/C22H28N2O4/c1-22(2,3)28-21(25)24-14-16(23)13-17(24)15-26-18-9-11-20(12-10-18)27-19-7-5-4-6-8-19/h4-12,16-17H,13-15,23H2,1-3H3/t16-,17-/m0/s1. The molecule has 1 aliphatic rings. The second kappa shape index (κ2) is 8.52. The Hall–Kier alpha value is -2.73. The van der Waals surface area contributed by atoms with Crippen LogP contribution in [0.5, 0.6) is 17.2 Å². The van der Waals surface area contributed by atoms with Crippen molar-refractivity contribution in [2.45, 2.75) is 44.9 Å². The molecule has 0 unspecified atom stereocenters. The van der Waals surface area contributed by atoms with Crippen molar-refractivity contribution in [1.29, 1.82) is 0 Å². The minimum absolute atomic E-state index is 0.0669. The molecule has 0 aromatic heterocycles. The van der Waals surface area contributed by atoms with Crippen molar-refractivity contribution in [3.63, 3.8) is 0 Å². The van der Waals surface area contributed by atoms with Crippen molar-refractivity contribution in [3.8, 4) is 17.2 Å². The fraction of sp³-hybridized carbons (Fsp3) is 0.409. The van der Waals surface area contributed by atoms with Crippen LogP contribution in [0.2, 0.25) is 0 Å². The molecule has 1 heterocycles. The van der Waals surface area contributed by atoms with E-state index in [4.69, 9.17) is 19.9 Å². The van der Waals surface area contributed by atoms with E-state index in [1.165, 1.54) is 0 Å². The Bertz CT molecular complexity index is 771. The lowest BCUT2D eigenvalue weighted by Gasteiger charge is -2.28. The van der Waals surface area contributed by atoms with E-state index in [1.54, 1.807) is 4.90 Å². The molecular formula is C22H28N2O4. The first-order chi connectivity index (χ1) is 13.3. The van der Waals surface area contributed by atoms with Crippen LogP contribution in [-0.2, 0) is 4.74 Å². The number of likely N-dealkylation sites (tertiary alicyclic amines) is 1. The summed E-state index contributed by atoms with van der Waals surface area (Å²) in [6.07, 6.45) is 0.342. The number of carbonyl (C=O) groups is 1. The Morgan fingerprint density at radius 2 is 1.64 bits per heavy atom. The summed E-state index contributed by atoms with van der Waals surface area (Å²) < 4.78 is 17.2. The smallest absolute Gasteiger partial charge is 0.410 e. The maximum Gasteiger partial charge on any atom is 0.410 e. The quantitative estimate of drug-likeness (QED) is 0.836.